The number of aromatic nitrogens is 2. The standard InChI is InChI=1S/C18H19N5OS/c19-16(24)13-10-21-17(22-12-7-4-8-20-9-12)14-15(13)25-18(23-14)11-5-2-1-3-6-11/h1-3,5-6,10,12,20H,4,7-9H2,(H2,19,24)(H,21,22)/t12-/m0/s1. The Morgan fingerprint density at radius 1 is 1.32 bits per heavy atom. The predicted molar refractivity (Wildman–Crippen MR) is 101 cm³/mol. The number of amides is 1. The van der Waals surface area contributed by atoms with Gasteiger partial charge < -0.3 is 16.4 Å². The highest BCUT2D eigenvalue weighted by Crippen LogP contribution is 2.35. The SMILES string of the molecule is NC(=O)c1cnc(N[C@H]2CCCNC2)c2nc(-c3ccccc3)sc12. The van der Waals surface area contributed by atoms with Crippen molar-refractivity contribution in [3.05, 3.63) is 42.1 Å². The van der Waals surface area contributed by atoms with Gasteiger partial charge in [-0.1, -0.05) is 30.3 Å². The van der Waals surface area contributed by atoms with Crippen molar-refractivity contribution >= 4 is 33.3 Å². The van der Waals surface area contributed by atoms with Crippen LogP contribution in [0.5, 0.6) is 0 Å². The summed E-state index contributed by atoms with van der Waals surface area (Å²) in [7, 11) is 0. The number of hydrogen-bond acceptors (Lipinski definition) is 6. The fourth-order valence-corrected chi connectivity index (χ4v) is 4.15. The van der Waals surface area contributed by atoms with Crippen LogP contribution in [0.1, 0.15) is 23.2 Å². The van der Waals surface area contributed by atoms with Crippen molar-refractivity contribution < 1.29 is 4.79 Å². The highest BCUT2D eigenvalue weighted by molar-refractivity contribution is 7.22. The average molecular weight is 353 g/mol. The van der Waals surface area contributed by atoms with Gasteiger partial charge >= 0.3 is 0 Å². The van der Waals surface area contributed by atoms with Gasteiger partial charge in [0, 0.05) is 24.3 Å². The quantitative estimate of drug-likeness (QED) is 0.670. The van der Waals surface area contributed by atoms with Crippen molar-refractivity contribution in [3.63, 3.8) is 0 Å². The van der Waals surface area contributed by atoms with Gasteiger partial charge in [0.05, 0.1) is 10.3 Å². The minimum absolute atomic E-state index is 0.311. The van der Waals surface area contributed by atoms with Crippen LogP contribution >= 0.6 is 11.3 Å². The Labute approximate surface area is 149 Å². The van der Waals surface area contributed by atoms with E-state index in [1.54, 1.807) is 6.20 Å². The van der Waals surface area contributed by atoms with Crippen LogP contribution in [0.3, 0.4) is 0 Å². The molecule has 25 heavy (non-hydrogen) atoms. The predicted octanol–water partition coefficient (Wildman–Crippen LogP) is 2.62. The number of nitrogens with zero attached hydrogens (tertiary/aromatic N) is 2. The highest BCUT2D eigenvalue weighted by Gasteiger charge is 2.20. The van der Waals surface area contributed by atoms with E-state index in [2.05, 4.69) is 15.6 Å². The molecule has 128 valence electrons. The van der Waals surface area contributed by atoms with Crippen molar-refractivity contribution in [2.45, 2.75) is 18.9 Å². The smallest absolute Gasteiger partial charge is 0.251 e. The van der Waals surface area contributed by atoms with Gasteiger partial charge in [-0.2, -0.15) is 0 Å². The number of rotatable bonds is 4. The number of thiazole rings is 1. The summed E-state index contributed by atoms with van der Waals surface area (Å²) in [4.78, 5) is 21.0. The van der Waals surface area contributed by atoms with E-state index in [0.717, 1.165) is 41.2 Å². The first kappa shape index (κ1) is 16.0. The third-order valence-corrected chi connectivity index (χ3v) is 5.48. The van der Waals surface area contributed by atoms with Gasteiger partial charge in [0.25, 0.3) is 5.91 Å². The molecule has 1 amide bonds. The topological polar surface area (TPSA) is 92.9 Å². The number of hydrogen-bond donors (Lipinski definition) is 3. The van der Waals surface area contributed by atoms with Crippen LogP contribution in [0.2, 0.25) is 0 Å². The number of piperidine rings is 1. The Morgan fingerprint density at radius 2 is 2.16 bits per heavy atom. The summed E-state index contributed by atoms with van der Waals surface area (Å²) in [5, 5.41) is 7.71. The van der Waals surface area contributed by atoms with Gasteiger partial charge in [-0.3, -0.25) is 4.79 Å². The number of anilines is 1. The zero-order chi connectivity index (χ0) is 17.2. The van der Waals surface area contributed by atoms with Crippen LogP contribution in [0.25, 0.3) is 20.8 Å². The molecule has 1 aliphatic heterocycles. The zero-order valence-corrected chi connectivity index (χ0v) is 14.5. The largest absolute Gasteiger partial charge is 0.366 e. The highest BCUT2D eigenvalue weighted by atomic mass is 32.1. The van der Waals surface area contributed by atoms with Crippen LogP contribution in [0.4, 0.5) is 5.82 Å². The molecule has 4 rings (SSSR count). The normalized spacial score (nSPS) is 17.5. The summed E-state index contributed by atoms with van der Waals surface area (Å²) < 4.78 is 0.785. The van der Waals surface area contributed by atoms with Crippen LogP contribution < -0.4 is 16.4 Å². The van der Waals surface area contributed by atoms with E-state index in [9.17, 15) is 4.79 Å². The maximum atomic E-state index is 11.8. The number of fused-ring (bicyclic) bond motifs is 1. The maximum absolute atomic E-state index is 11.8. The van der Waals surface area contributed by atoms with Crippen molar-refractivity contribution in [3.8, 4) is 10.6 Å². The molecule has 0 unspecified atom stereocenters. The first-order valence-corrected chi connectivity index (χ1v) is 9.16. The van der Waals surface area contributed by atoms with E-state index in [-0.39, 0.29) is 0 Å². The summed E-state index contributed by atoms with van der Waals surface area (Å²) in [5.41, 5.74) is 7.68. The lowest BCUT2D eigenvalue weighted by molar-refractivity contribution is 0.100. The lowest BCUT2D eigenvalue weighted by Crippen LogP contribution is -2.38. The van der Waals surface area contributed by atoms with E-state index in [0.29, 0.717) is 22.9 Å². The second kappa shape index (κ2) is 6.78. The van der Waals surface area contributed by atoms with Crippen molar-refractivity contribution in [2.24, 2.45) is 5.73 Å². The molecule has 1 saturated heterocycles. The first-order valence-electron chi connectivity index (χ1n) is 8.34. The number of nitrogens with two attached hydrogens (primary N) is 1. The second-order valence-electron chi connectivity index (χ2n) is 6.14. The summed E-state index contributed by atoms with van der Waals surface area (Å²) in [6.45, 7) is 1.95. The number of primary amides is 1. The van der Waals surface area contributed by atoms with Crippen molar-refractivity contribution in [1.82, 2.24) is 15.3 Å². The van der Waals surface area contributed by atoms with Gasteiger partial charge in [0.2, 0.25) is 0 Å². The number of pyridine rings is 1. The van der Waals surface area contributed by atoms with Gasteiger partial charge in [0.15, 0.2) is 5.82 Å². The molecular formula is C18H19N5OS. The molecule has 6 nitrogen and oxygen atoms in total. The molecule has 7 heteroatoms. The zero-order valence-electron chi connectivity index (χ0n) is 13.7. The number of benzene rings is 1. The first-order chi connectivity index (χ1) is 12.2. The molecule has 0 spiro atoms. The molecule has 2 aromatic heterocycles. The Hall–Kier alpha value is -2.51. The Morgan fingerprint density at radius 3 is 2.88 bits per heavy atom. The Kier molecular flexibility index (Phi) is 4.33. The molecule has 0 aliphatic carbocycles. The number of carbonyl (C=O) groups is 1. The third kappa shape index (κ3) is 3.20. The second-order valence-corrected chi connectivity index (χ2v) is 7.13. The monoisotopic (exact) mass is 353 g/mol. The van der Waals surface area contributed by atoms with Crippen molar-refractivity contribution in [2.75, 3.05) is 18.4 Å². The molecule has 3 aromatic rings. The van der Waals surface area contributed by atoms with Gasteiger partial charge in [0.1, 0.15) is 10.5 Å². The van der Waals surface area contributed by atoms with E-state index in [4.69, 9.17) is 10.7 Å². The molecule has 1 fully saturated rings. The summed E-state index contributed by atoms with van der Waals surface area (Å²) in [6, 6.07) is 10.2. The van der Waals surface area contributed by atoms with Crippen LogP contribution in [-0.4, -0.2) is 35.0 Å². The fraction of sp³-hybridized carbons (Fsp3) is 0.278. The lowest BCUT2D eigenvalue weighted by Gasteiger charge is -2.24. The molecule has 0 radical (unpaired) electrons. The molecule has 1 aliphatic rings. The van der Waals surface area contributed by atoms with Gasteiger partial charge in [-0.25, -0.2) is 9.97 Å². The summed E-state index contributed by atoms with van der Waals surface area (Å²) in [5.74, 6) is 0.235. The van der Waals surface area contributed by atoms with E-state index < -0.39 is 5.91 Å². The van der Waals surface area contributed by atoms with Gasteiger partial charge in [-0.05, 0) is 19.4 Å². The third-order valence-electron chi connectivity index (χ3n) is 4.34. The molecule has 1 atom stereocenters. The molecule has 0 saturated carbocycles. The fourth-order valence-electron chi connectivity index (χ4n) is 3.07. The van der Waals surface area contributed by atoms with E-state index in [1.165, 1.54) is 11.3 Å². The lowest BCUT2D eigenvalue weighted by atomic mass is 10.1. The minimum Gasteiger partial charge on any atom is -0.366 e. The van der Waals surface area contributed by atoms with Crippen LogP contribution in [-0.2, 0) is 0 Å². The molecule has 4 N–H and O–H groups in total. The maximum Gasteiger partial charge on any atom is 0.251 e. The molecular weight excluding hydrogens is 334 g/mol. The minimum atomic E-state index is -0.480. The molecule has 0 bridgehead atoms. The number of carbonyl (C=O) groups excluding carboxylic acids is 1. The van der Waals surface area contributed by atoms with E-state index >= 15 is 0 Å². The van der Waals surface area contributed by atoms with E-state index in [1.807, 2.05) is 30.3 Å². The Bertz CT molecular complexity index is 902. The summed E-state index contributed by atoms with van der Waals surface area (Å²) >= 11 is 1.47. The van der Waals surface area contributed by atoms with Gasteiger partial charge in [-0.15, -0.1) is 11.3 Å². The Balaban J connectivity index is 1.79. The van der Waals surface area contributed by atoms with Crippen LogP contribution in [0.15, 0.2) is 36.5 Å². The van der Waals surface area contributed by atoms with Crippen molar-refractivity contribution in [1.29, 1.82) is 0 Å². The average Bonchev–Trinajstić information content (AvgIpc) is 3.09. The number of nitrogens with one attached hydrogen (secondary N) is 2. The molecule has 3 heterocycles. The molecule has 1 aromatic carbocycles. The van der Waals surface area contributed by atoms with Crippen LogP contribution in [0, 0.1) is 0 Å². The summed E-state index contributed by atoms with van der Waals surface area (Å²) in [6.07, 6.45) is 3.77.